The molecule has 1 N–H and O–H groups in total. The maximum Gasteiger partial charge on any atom is 0.162 e. The maximum absolute atomic E-state index is 11.8. The van der Waals surface area contributed by atoms with E-state index in [2.05, 4.69) is 9.97 Å². The van der Waals surface area contributed by atoms with Gasteiger partial charge >= 0.3 is 0 Å². The number of rotatable bonds is 4. The molecule has 0 aliphatic carbocycles. The number of aromatic nitrogens is 2. The third kappa shape index (κ3) is 2.97. The van der Waals surface area contributed by atoms with E-state index in [0.717, 1.165) is 22.1 Å². The molecular weight excluding hydrogens is 288 g/mol. The van der Waals surface area contributed by atoms with Crippen molar-refractivity contribution in [1.82, 2.24) is 9.97 Å². The number of fused-ring (bicyclic) bond motifs is 1. The van der Waals surface area contributed by atoms with Crippen molar-refractivity contribution in [3.05, 3.63) is 59.9 Å². The Labute approximate surface area is 133 Å². The van der Waals surface area contributed by atoms with Crippen LogP contribution in [0.3, 0.4) is 0 Å². The van der Waals surface area contributed by atoms with Crippen LogP contribution in [-0.4, -0.2) is 21.5 Å². The maximum atomic E-state index is 11.8. The lowest BCUT2D eigenvalue weighted by Gasteiger charge is -2.05. The second-order valence-electron chi connectivity index (χ2n) is 5.41. The van der Waals surface area contributed by atoms with Gasteiger partial charge in [0.2, 0.25) is 0 Å². The molecule has 2 heterocycles. The number of nitrogens with zero attached hydrogens (tertiary/aromatic N) is 1. The molecule has 3 aromatic rings. The number of allylic oxidation sites excluding steroid dienone is 1. The average molecular weight is 304 g/mol. The fourth-order valence-electron chi connectivity index (χ4n) is 2.56. The summed E-state index contributed by atoms with van der Waals surface area (Å²) in [5.41, 5.74) is 4.26. The van der Waals surface area contributed by atoms with Gasteiger partial charge in [-0.15, -0.1) is 0 Å². The van der Waals surface area contributed by atoms with Crippen molar-refractivity contribution in [2.24, 2.45) is 0 Å². The van der Waals surface area contributed by atoms with Crippen LogP contribution >= 0.6 is 0 Å². The van der Waals surface area contributed by atoms with E-state index in [-0.39, 0.29) is 11.6 Å². The molecule has 4 nitrogen and oxygen atoms in total. The van der Waals surface area contributed by atoms with Crippen LogP contribution in [-0.2, 0) is 4.79 Å². The van der Waals surface area contributed by atoms with Crippen LogP contribution in [0.2, 0.25) is 0 Å². The van der Waals surface area contributed by atoms with Crippen LogP contribution in [0.5, 0.6) is 0 Å². The summed E-state index contributed by atoms with van der Waals surface area (Å²) in [5.74, 6) is 0.0230. The van der Waals surface area contributed by atoms with E-state index < -0.39 is 0 Å². The van der Waals surface area contributed by atoms with Gasteiger partial charge in [-0.3, -0.25) is 9.59 Å². The summed E-state index contributed by atoms with van der Waals surface area (Å²) in [6.45, 7) is 3.07. The van der Waals surface area contributed by atoms with E-state index in [9.17, 15) is 9.59 Å². The Bertz CT molecular complexity index is 918. The molecule has 0 aliphatic rings. The van der Waals surface area contributed by atoms with Gasteiger partial charge in [0.15, 0.2) is 11.6 Å². The predicted molar refractivity (Wildman–Crippen MR) is 91.2 cm³/mol. The number of aromatic amines is 1. The molecule has 0 fully saturated rings. The minimum atomic E-state index is 0.00603. The quantitative estimate of drug-likeness (QED) is 0.584. The Morgan fingerprint density at radius 2 is 1.83 bits per heavy atom. The minimum Gasteiger partial charge on any atom is -0.345 e. The van der Waals surface area contributed by atoms with Crippen LogP contribution in [0, 0.1) is 0 Å². The minimum absolute atomic E-state index is 0.00603. The van der Waals surface area contributed by atoms with E-state index in [1.165, 1.54) is 6.92 Å². The summed E-state index contributed by atoms with van der Waals surface area (Å²) in [7, 11) is 0. The van der Waals surface area contributed by atoms with Crippen LogP contribution in [0.1, 0.15) is 29.8 Å². The molecular formula is C19H16N2O2. The van der Waals surface area contributed by atoms with Crippen LogP contribution in [0.4, 0.5) is 0 Å². The SMILES string of the molecule is CC(=O)C=Cc1ccc(-c2ccnc3[nH]cc(C(C)=O)c23)cc1. The van der Waals surface area contributed by atoms with E-state index in [0.29, 0.717) is 11.2 Å². The summed E-state index contributed by atoms with van der Waals surface area (Å²) in [6.07, 6.45) is 6.75. The standard InChI is InChI=1S/C19H16N2O2/c1-12(22)3-4-14-5-7-15(8-6-14)16-9-10-20-19-18(16)17(11-21-19)13(2)23/h3-11H,1-2H3,(H,20,21). The second kappa shape index (κ2) is 6.01. The monoisotopic (exact) mass is 304 g/mol. The van der Waals surface area contributed by atoms with Gasteiger partial charge in [0, 0.05) is 23.3 Å². The van der Waals surface area contributed by atoms with Crippen LogP contribution in [0.25, 0.3) is 28.2 Å². The number of hydrogen-bond donors (Lipinski definition) is 1. The molecule has 3 rings (SSSR count). The predicted octanol–water partition coefficient (Wildman–Crippen LogP) is 4.03. The number of carbonyl (C=O) groups excluding carboxylic acids is 2. The highest BCUT2D eigenvalue weighted by Gasteiger charge is 2.13. The van der Waals surface area contributed by atoms with Crippen molar-refractivity contribution < 1.29 is 9.59 Å². The largest absolute Gasteiger partial charge is 0.345 e. The molecule has 0 radical (unpaired) electrons. The number of pyridine rings is 1. The van der Waals surface area contributed by atoms with Crippen molar-refractivity contribution in [3.63, 3.8) is 0 Å². The first-order valence-corrected chi connectivity index (χ1v) is 7.32. The van der Waals surface area contributed by atoms with Crippen LogP contribution in [0.15, 0.2) is 48.8 Å². The number of ketones is 2. The summed E-state index contributed by atoms with van der Waals surface area (Å²) in [6, 6.07) is 9.75. The lowest BCUT2D eigenvalue weighted by atomic mass is 9.99. The molecule has 1 aromatic carbocycles. The Balaban J connectivity index is 2.08. The molecule has 0 spiro atoms. The molecule has 0 bridgehead atoms. The molecule has 2 aromatic heterocycles. The van der Waals surface area contributed by atoms with Gasteiger partial charge in [0.25, 0.3) is 0 Å². The van der Waals surface area contributed by atoms with Crippen molar-refractivity contribution >= 4 is 28.7 Å². The number of Topliss-reactive ketones (excluding diaryl/α,β-unsaturated/α-hetero) is 1. The molecule has 23 heavy (non-hydrogen) atoms. The van der Waals surface area contributed by atoms with Gasteiger partial charge in [-0.2, -0.15) is 0 Å². The zero-order chi connectivity index (χ0) is 16.4. The van der Waals surface area contributed by atoms with Crippen molar-refractivity contribution in [2.75, 3.05) is 0 Å². The first-order chi connectivity index (χ1) is 11.1. The first-order valence-electron chi connectivity index (χ1n) is 7.32. The van der Waals surface area contributed by atoms with Crippen molar-refractivity contribution in [2.45, 2.75) is 13.8 Å². The number of carbonyl (C=O) groups is 2. The fraction of sp³-hybridized carbons (Fsp3) is 0.105. The van der Waals surface area contributed by atoms with Gasteiger partial charge in [-0.05, 0) is 42.7 Å². The van der Waals surface area contributed by atoms with Crippen LogP contribution < -0.4 is 0 Å². The highest BCUT2D eigenvalue weighted by Crippen LogP contribution is 2.30. The third-order valence-corrected chi connectivity index (χ3v) is 3.69. The zero-order valence-corrected chi connectivity index (χ0v) is 13.0. The smallest absolute Gasteiger partial charge is 0.162 e. The molecule has 0 unspecified atom stereocenters. The molecule has 4 heteroatoms. The number of hydrogen-bond acceptors (Lipinski definition) is 3. The van der Waals surface area contributed by atoms with Crippen molar-refractivity contribution in [3.8, 4) is 11.1 Å². The van der Waals surface area contributed by atoms with E-state index in [1.807, 2.05) is 30.3 Å². The van der Waals surface area contributed by atoms with Gasteiger partial charge < -0.3 is 4.98 Å². The fourth-order valence-corrected chi connectivity index (χ4v) is 2.56. The summed E-state index contributed by atoms with van der Waals surface area (Å²) in [5, 5.41) is 0.840. The Morgan fingerprint density at radius 1 is 1.09 bits per heavy atom. The van der Waals surface area contributed by atoms with Gasteiger partial charge in [0.1, 0.15) is 5.65 Å². The number of nitrogens with one attached hydrogen (secondary N) is 1. The molecule has 114 valence electrons. The third-order valence-electron chi connectivity index (χ3n) is 3.69. The summed E-state index contributed by atoms with van der Waals surface area (Å²) in [4.78, 5) is 30.1. The van der Waals surface area contributed by atoms with Crippen molar-refractivity contribution in [1.29, 1.82) is 0 Å². The molecule has 0 aliphatic heterocycles. The van der Waals surface area contributed by atoms with E-state index in [4.69, 9.17) is 0 Å². The highest BCUT2D eigenvalue weighted by molar-refractivity contribution is 6.11. The normalized spacial score (nSPS) is 11.2. The molecule has 0 saturated carbocycles. The Kier molecular flexibility index (Phi) is 3.89. The lowest BCUT2D eigenvalue weighted by molar-refractivity contribution is -0.112. The Morgan fingerprint density at radius 3 is 2.48 bits per heavy atom. The Hall–Kier alpha value is -3.01. The van der Waals surface area contributed by atoms with Gasteiger partial charge in [-0.25, -0.2) is 4.98 Å². The highest BCUT2D eigenvalue weighted by atomic mass is 16.1. The number of benzene rings is 1. The topological polar surface area (TPSA) is 62.8 Å². The van der Waals surface area contributed by atoms with E-state index >= 15 is 0 Å². The zero-order valence-electron chi connectivity index (χ0n) is 13.0. The van der Waals surface area contributed by atoms with Gasteiger partial charge in [-0.1, -0.05) is 30.3 Å². The molecule has 0 atom stereocenters. The summed E-state index contributed by atoms with van der Waals surface area (Å²) >= 11 is 0. The lowest BCUT2D eigenvalue weighted by Crippen LogP contribution is -1.91. The number of H-pyrrole nitrogens is 1. The molecule has 0 saturated heterocycles. The molecule has 0 amide bonds. The second-order valence-corrected chi connectivity index (χ2v) is 5.41. The first kappa shape index (κ1) is 14.9. The average Bonchev–Trinajstić information content (AvgIpc) is 2.97. The van der Waals surface area contributed by atoms with Gasteiger partial charge in [0.05, 0.1) is 0 Å². The van der Waals surface area contributed by atoms with E-state index in [1.54, 1.807) is 31.5 Å². The summed E-state index contributed by atoms with van der Waals surface area (Å²) < 4.78 is 0.